The van der Waals surface area contributed by atoms with Gasteiger partial charge in [0, 0.05) is 13.0 Å². The standard InChI is InChI=1S/C7H13F3N2/c1-5(2)6(11)12(3)4-7(8,9)10/h5,11H,4H2,1-3H3. The van der Waals surface area contributed by atoms with Gasteiger partial charge in [-0.2, -0.15) is 13.2 Å². The third-order valence-electron chi connectivity index (χ3n) is 1.37. The second kappa shape index (κ2) is 3.78. The Morgan fingerprint density at radius 2 is 1.83 bits per heavy atom. The average molecular weight is 182 g/mol. The van der Waals surface area contributed by atoms with Gasteiger partial charge in [-0.3, -0.25) is 5.41 Å². The topological polar surface area (TPSA) is 27.1 Å². The molecule has 0 aromatic rings. The largest absolute Gasteiger partial charge is 0.405 e. The van der Waals surface area contributed by atoms with E-state index in [2.05, 4.69) is 0 Å². The Hall–Kier alpha value is -0.740. The summed E-state index contributed by atoms with van der Waals surface area (Å²) in [4.78, 5) is 0.907. The fraction of sp³-hybridized carbons (Fsp3) is 0.857. The molecule has 0 saturated heterocycles. The van der Waals surface area contributed by atoms with Crippen molar-refractivity contribution in [3.05, 3.63) is 0 Å². The predicted octanol–water partition coefficient (Wildman–Crippen LogP) is 2.11. The van der Waals surface area contributed by atoms with Crippen LogP contribution in [0, 0.1) is 11.3 Å². The number of alkyl halides is 3. The molecule has 0 spiro atoms. The van der Waals surface area contributed by atoms with Gasteiger partial charge in [-0.1, -0.05) is 13.8 Å². The molecule has 0 bridgehead atoms. The van der Waals surface area contributed by atoms with E-state index < -0.39 is 12.7 Å². The number of halogens is 3. The molecule has 0 saturated carbocycles. The van der Waals surface area contributed by atoms with E-state index in [1.807, 2.05) is 0 Å². The molecule has 2 nitrogen and oxygen atoms in total. The molecule has 72 valence electrons. The lowest BCUT2D eigenvalue weighted by atomic mass is 10.2. The molecular weight excluding hydrogens is 169 g/mol. The Kier molecular flexibility index (Phi) is 3.55. The molecule has 0 aromatic heterocycles. The van der Waals surface area contributed by atoms with Crippen LogP contribution in [0.4, 0.5) is 13.2 Å². The summed E-state index contributed by atoms with van der Waals surface area (Å²) in [5.74, 6) is -0.162. The fourth-order valence-corrected chi connectivity index (χ4v) is 0.795. The normalized spacial score (nSPS) is 11.9. The van der Waals surface area contributed by atoms with Gasteiger partial charge in [-0.05, 0) is 0 Å². The van der Waals surface area contributed by atoms with Crippen LogP contribution in [0.15, 0.2) is 0 Å². The molecule has 5 heteroatoms. The van der Waals surface area contributed by atoms with Gasteiger partial charge in [-0.15, -0.1) is 0 Å². The van der Waals surface area contributed by atoms with E-state index in [1.54, 1.807) is 13.8 Å². The van der Waals surface area contributed by atoms with E-state index >= 15 is 0 Å². The quantitative estimate of drug-likeness (QED) is 0.514. The lowest BCUT2D eigenvalue weighted by Crippen LogP contribution is -2.37. The monoisotopic (exact) mass is 182 g/mol. The van der Waals surface area contributed by atoms with Crippen molar-refractivity contribution >= 4 is 5.84 Å². The van der Waals surface area contributed by atoms with Crippen LogP contribution in [0.5, 0.6) is 0 Å². The highest BCUT2D eigenvalue weighted by Gasteiger charge is 2.30. The highest BCUT2D eigenvalue weighted by atomic mass is 19.4. The first-order valence-corrected chi connectivity index (χ1v) is 3.60. The van der Waals surface area contributed by atoms with Crippen molar-refractivity contribution in [1.29, 1.82) is 5.41 Å². The molecule has 0 aromatic carbocycles. The summed E-state index contributed by atoms with van der Waals surface area (Å²) in [6, 6.07) is 0. The van der Waals surface area contributed by atoms with E-state index in [0.717, 1.165) is 4.90 Å². The number of hydrogen-bond acceptors (Lipinski definition) is 1. The molecule has 0 rings (SSSR count). The Balaban J connectivity index is 4.05. The van der Waals surface area contributed by atoms with Crippen LogP contribution < -0.4 is 0 Å². The summed E-state index contributed by atoms with van der Waals surface area (Å²) in [5, 5.41) is 7.26. The third kappa shape index (κ3) is 4.20. The van der Waals surface area contributed by atoms with Crippen LogP contribution in [-0.4, -0.2) is 30.5 Å². The zero-order chi connectivity index (χ0) is 9.94. The Morgan fingerprint density at radius 1 is 1.42 bits per heavy atom. The molecule has 12 heavy (non-hydrogen) atoms. The van der Waals surface area contributed by atoms with Crippen molar-refractivity contribution in [2.75, 3.05) is 13.6 Å². The van der Waals surface area contributed by atoms with Crippen molar-refractivity contribution < 1.29 is 13.2 Å². The Morgan fingerprint density at radius 3 is 2.08 bits per heavy atom. The highest BCUT2D eigenvalue weighted by Crippen LogP contribution is 2.16. The number of hydrogen-bond donors (Lipinski definition) is 1. The lowest BCUT2D eigenvalue weighted by Gasteiger charge is -2.23. The lowest BCUT2D eigenvalue weighted by molar-refractivity contribution is -0.136. The number of amidine groups is 1. The number of rotatable bonds is 2. The van der Waals surface area contributed by atoms with Crippen molar-refractivity contribution in [2.24, 2.45) is 5.92 Å². The number of nitrogens with one attached hydrogen (secondary N) is 1. The fourth-order valence-electron chi connectivity index (χ4n) is 0.795. The molecule has 0 aliphatic carbocycles. The first kappa shape index (κ1) is 11.3. The van der Waals surface area contributed by atoms with E-state index in [-0.39, 0.29) is 11.8 Å². The van der Waals surface area contributed by atoms with Crippen LogP contribution in [0.25, 0.3) is 0 Å². The molecule has 0 aliphatic rings. The molecular formula is C7H13F3N2. The molecule has 0 fully saturated rings. The number of nitrogens with zero attached hydrogens (tertiary/aromatic N) is 1. The molecule has 0 radical (unpaired) electrons. The van der Waals surface area contributed by atoms with Crippen molar-refractivity contribution in [2.45, 2.75) is 20.0 Å². The van der Waals surface area contributed by atoms with Crippen LogP contribution in [0.3, 0.4) is 0 Å². The van der Waals surface area contributed by atoms with Gasteiger partial charge in [0.1, 0.15) is 6.54 Å². The smallest absolute Gasteiger partial charge is 0.354 e. The second-order valence-corrected chi connectivity index (χ2v) is 3.01. The molecule has 0 aliphatic heterocycles. The van der Waals surface area contributed by atoms with Gasteiger partial charge >= 0.3 is 6.18 Å². The maximum Gasteiger partial charge on any atom is 0.405 e. The van der Waals surface area contributed by atoms with Crippen molar-refractivity contribution in [1.82, 2.24) is 4.90 Å². The molecule has 0 atom stereocenters. The molecule has 0 amide bonds. The highest BCUT2D eigenvalue weighted by molar-refractivity contribution is 5.80. The maximum absolute atomic E-state index is 11.8. The molecule has 0 unspecified atom stereocenters. The van der Waals surface area contributed by atoms with Gasteiger partial charge < -0.3 is 4.90 Å². The van der Waals surface area contributed by atoms with Crippen LogP contribution in [-0.2, 0) is 0 Å². The zero-order valence-electron chi connectivity index (χ0n) is 7.37. The van der Waals surface area contributed by atoms with Crippen LogP contribution in [0.1, 0.15) is 13.8 Å². The Bertz CT molecular complexity index is 163. The zero-order valence-corrected chi connectivity index (χ0v) is 7.37. The summed E-state index contributed by atoms with van der Waals surface area (Å²) < 4.78 is 35.4. The van der Waals surface area contributed by atoms with Crippen molar-refractivity contribution in [3.63, 3.8) is 0 Å². The minimum absolute atomic E-state index is 0.00678. The van der Waals surface area contributed by atoms with E-state index in [4.69, 9.17) is 5.41 Å². The summed E-state index contributed by atoms with van der Waals surface area (Å²) in [6.07, 6.45) is -4.23. The summed E-state index contributed by atoms with van der Waals surface area (Å²) >= 11 is 0. The summed E-state index contributed by atoms with van der Waals surface area (Å²) in [5.41, 5.74) is 0. The average Bonchev–Trinajstić information content (AvgIpc) is 1.82. The molecule has 0 heterocycles. The molecule has 1 N–H and O–H groups in total. The minimum atomic E-state index is -4.23. The van der Waals surface area contributed by atoms with Gasteiger partial charge in [0.25, 0.3) is 0 Å². The van der Waals surface area contributed by atoms with Gasteiger partial charge in [0.15, 0.2) is 0 Å². The van der Waals surface area contributed by atoms with Gasteiger partial charge in [-0.25, -0.2) is 0 Å². The summed E-state index contributed by atoms with van der Waals surface area (Å²) in [7, 11) is 1.27. The van der Waals surface area contributed by atoms with Gasteiger partial charge in [0.2, 0.25) is 0 Å². The first-order chi connectivity index (χ1) is 5.24. The summed E-state index contributed by atoms with van der Waals surface area (Å²) in [6.45, 7) is 2.33. The van der Waals surface area contributed by atoms with E-state index in [0.29, 0.717) is 0 Å². The van der Waals surface area contributed by atoms with E-state index in [1.165, 1.54) is 7.05 Å². The second-order valence-electron chi connectivity index (χ2n) is 3.01. The van der Waals surface area contributed by atoms with Gasteiger partial charge in [0.05, 0.1) is 5.84 Å². The maximum atomic E-state index is 11.8. The van der Waals surface area contributed by atoms with Crippen LogP contribution >= 0.6 is 0 Å². The SMILES string of the molecule is CC(C)C(=N)N(C)CC(F)(F)F. The third-order valence-corrected chi connectivity index (χ3v) is 1.37. The van der Waals surface area contributed by atoms with E-state index in [9.17, 15) is 13.2 Å². The minimum Gasteiger partial charge on any atom is -0.354 e. The first-order valence-electron chi connectivity index (χ1n) is 3.60. The predicted molar refractivity (Wildman–Crippen MR) is 41.2 cm³/mol. The van der Waals surface area contributed by atoms with Crippen molar-refractivity contribution in [3.8, 4) is 0 Å². The van der Waals surface area contributed by atoms with Crippen LogP contribution in [0.2, 0.25) is 0 Å². The Labute approximate surface area is 69.9 Å².